The van der Waals surface area contributed by atoms with Crippen LogP contribution >= 0.6 is 0 Å². The number of carbonyl (C=O) groups excluding carboxylic acids is 2. The van der Waals surface area contributed by atoms with Crippen molar-refractivity contribution in [3.8, 4) is 0 Å². The van der Waals surface area contributed by atoms with Crippen LogP contribution in [0.1, 0.15) is 44.1 Å². The Balaban J connectivity index is 1.83. The molecule has 0 radical (unpaired) electrons. The van der Waals surface area contributed by atoms with E-state index in [0.29, 0.717) is 32.1 Å². The second-order valence-corrected chi connectivity index (χ2v) is 7.23. The average molecular weight is 384 g/mol. The van der Waals surface area contributed by atoms with Crippen molar-refractivity contribution in [3.05, 3.63) is 60.2 Å². The Morgan fingerprint density at radius 1 is 1.11 bits per heavy atom. The zero-order chi connectivity index (χ0) is 20.4. The van der Waals surface area contributed by atoms with Crippen molar-refractivity contribution in [2.24, 2.45) is 11.8 Å². The Hall–Kier alpha value is -2.53. The molecule has 0 bridgehead atoms. The number of allylic oxidation sites excluding steroid dienone is 3. The molecule has 0 amide bonds. The summed E-state index contributed by atoms with van der Waals surface area (Å²) < 4.78 is 0. The van der Waals surface area contributed by atoms with E-state index in [4.69, 9.17) is 5.11 Å². The summed E-state index contributed by atoms with van der Waals surface area (Å²) in [4.78, 5) is 34.8. The molecule has 0 spiro atoms. The summed E-state index contributed by atoms with van der Waals surface area (Å²) in [5.41, 5.74) is 1.10. The van der Waals surface area contributed by atoms with Gasteiger partial charge in [0, 0.05) is 31.1 Å². The minimum Gasteiger partial charge on any atom is -0.481 e. The number of Topliss-reactive ketones (excluding diaryl/α,β-unsaturated/α-hetero) is 1. The van der Waals surface area contributed by atoms with Crippen LogP contribution in [0.25, 0.3) is 0 Å². The lowest BCUT2D eigenvalue weighted by Crippen LogP contribution is -2.18. The third-order valence-corrected chi connectivity index (χ3v) is 5.06. The van der Waals surface area contributed by atoms with Crippen LogP contribution in [0.5, 0.6) is 0 Å². The second-order valence-electron chi connectivity index (χ2n) is 7.23. The lowest BCUT2D eigenvalue weighted by Gasteiger charge is -2.15. The number of aliphatic hydroxyl groups excluding tert-OH is 1. The fourth-order valence-corrected chi connectivity index (χ4v) is 3.47. The van der Waals surface area contributed by atoms with E-state index in [0.717, 1.165) is 5.56 Å². The van der Waals surface area contributed by atoms with E-state index in [1.165, 1.54) is 6.08 Å². The summed E-state index contributed by atoms with van der Waals surface area (Å²) >= 11 is 0. The molecule has 1 aliphatic carbocycles. The van der Waals surface area contributed by atoms with E-state index in [2.05, 4.69) is 0 Å². The summed E-state index contributed by atoms with van der Waals surface area (Å²) in [6, 6.07) is 9.78. The number of rotatable bonds is 11. The number of aliphatic hydroxyl groups is 1. The molecule has 2 rings (SSSR count). The van der Waals surface area contributed by atoms with Crippen molar-refractivity contribution in [1.29, 1.82) is 0 Å². The van der Waals surface area contributed by atoms with Crippen molar-refractivity contribution in [3.63, 3.8) is 0 Å². The Bertz CT molecular complexity index is 720. The van der Waals surface area contributed by atoms with E-state index in [1.54, 1.807) is 6.08 Å². The van der Waals surface area contributed by atoms with Crippen LogP contribution in [0.2, 0.25) is 0 Å². The maximum atomic E-state index is 12.2. The zero-order valence-electron chi connectivity index (χ0n) is 16.0. The van der Waals surface area contributed by atoms with Gasteiger partial charge in [-0.05, 0) is 37.3 Å². The van der Waals surface area contributed by atoms with Gasteiger partial charge >= 0.3 is 5.97 Å². The topological polar surface area (TPSA) is 91.7 Å². The van der Waals surface area contributed by atoms with Gasteiger partial charge in [0.05, 0.1) is 6.10 Å². The molecule has 1 fully saturated rings. The monoisotopic (exact) mass is 384 g/mol. The van der Waals surface area contributed by atoms with Crippen molar-refractivity contribution in [1.82, 2.24) is 0 Å². The highest BCUT2D eigenvalue weighted by molar-refractivity contribution is 5.90. The first-order chi connectivity index (χ1) is 13.5. The van der Waals surface area contributed by atoms with Crippen molar-refractivity contribution < 1.29 is 24.6 Å². The molecule has 0 aliphatic heterocycles. The molecule has 1 unspecified atom stereocenters. The molecule has 1 aromatic carbocycles. The molecule has 0 aromatic heterocycles. The molecular formula is C23H28O5. The van der Waals surface area contributed by atoms with Crippen molar-refractivity contribution in [2.45, 2.75) is 51.0 Å². The predicted octanol–water partition coefficient (Wildman–Crippen LogP) is 3.51. The molecule has 3 atom stereocenters. The van der Waals surface area contributed by atoms with Gasteiger partial charge in [0.15, 0.2) is 5.78 Å². The largest absolute Gasteiger partial charge is 0.481 e. The van der Waals surface area contributed by atoms with Gasteiger partial charge in [-0.2, -0.15) is 0 Å². The van der Waals surface area contributed by atoms with E-state index >= 15 is 0 Å². The predicted molar refractivity (Wildman–Crippen MR) is 107 cm³/mol. The number of hydrogen-bond donors (Lipinski definition) is 2. The van der Waals surface area contributed by atoms with Crippen LogP contribution in [0.15, 0.2) is 54.6 Å². The highest BCUT2D eigenvalue weighted by Crippen LogP contribution is 2.33. The first-order valence-electron chi connectivity index (χ1n) is 9.80. The molecule has 28 heavy (non-hydrogen) atoms. The van der Waals surface area contributed by atoms with Gasteiger partial charge in [-0.15, -0.1) is 0 Å². The van der Waals surface area contributed by atoms with Gasteiger partial charge in [0.1, 0.15) is 5.78 Å². The van der Waals surface area contributed by atoms with Crippen LogP contribution in [-0.4, -0.2) is 33.9 Å². The molecule has 0 saturated heterocycles. The molecule has 5 heteroatoms. The van der Waals surface area contributed by atoms with Crippen molar-refractivity contribution >= 4 is 17.5 Å². The number of aliphatic carboxylic acids is 1. The third-order valence-electron chi connectivity index (χ3n) is 5.06. The number of hydrogen-bond acceptors (Lipinski definition) is 4. The quantitative estimate of drug-likeness (QED) is 0.346. The van der Waals surface area contributed by atoms with E-state index < -0.39 is 12.1 Å². The minimum atomic E-state index is -0.815. The van der Waals surface area contributed by atoms with E-state index in [9.17, 15) is 19.5 Å². The van der Waals surface area contributed by atoms with Gasteiger partial charge in [-0.3, -0.25) is 14.4 Å². The summed E-state index contributed by atoms with van der Waals surface area (Å²) in [5, 5.41) is 18.8. The second kappa shape index (κ2) is 11.3. The van der Waals surface area contributed by atoms with Crippen molar-refractivity contribution in [2.75, 3.05) is 0 Å². The molecule has 150 valence electrons. The fraction of sp³-hybridized carbons (Fsp3) is 0.435. The third kappa shape index (κ3) is 7.24. The SMILES string of the molecule is O=C(O)CCCC=CC[C@@H]1C(=O)CC(O)[C@@H]1C=CC(=O)CCc1ccccc1. The van der Waals surface area contributed by atoms with Gasteiger partial charge in [-0.1, -0.05) is 48.6 Å². The number of benzene rings is 1. The van der Waals surface area contributed by atoms with Crippen LogP contribution in [0, 0.1) is 11.8 Å². The van der Waals surface area contributed by atoms with Crippen LogP contribution in [0.4, 0.5) is 0 Å². The lowest BCUT2D eigenvalue weighted by atomic mass is 9.90. The number of carboxylic acid groups (broad SMARTS) is 1. The minimum absolute atomic E-state index is 0.00840. The molecule has 1 saturated carbocycles. The van der Waals surface area contributed by atoms with Crippen LogP contribution < -0.4 is 0 Å². The first kappa shape index (κ1) is 21.8. The summed E-state index contributed by atoms with van der Waals surface area (Å²) in [6.07, 6.45) is 9.20. The Morgan fingerprint density at radius 2 is 1.86 bits per heavy atom. The maximum absolute atomic E-state index is 12.2. The summed E-state index contributed by atoms with van der Waals surface area (Å²) in [7, 11) is 0. The molecule has 2 N–H and O–H groups in total. The number of carbonyl (C=O) groups is 3. The molecular weight excluding hydrogens is 356 g/mol. The molecule has 5 nitrogen and oxygen atoms in total. The van der Waals surface area contributed by atoms with Crippen LogP contribution in [-0.2, 0) is 20.8 Å². The normalized spacial score (nSPS) is 22.3. The number of carboxylic acids is 1. The maximum Gasteiger partial charge on any atom is 0.303 e. The van der Waals surface area contributed by atoms with Gasteiger partial charge in [0.25, 0.3) is 0 Å². The fourth-order valence-electron chi connectivity index (χ4n) is 3.47. The van der Waals surface area contributed by atoms with Gasteiger partial charge in [0.2, 0.25) is 0 Å². The smallest absolute Gasteiger partial charge is 0.303 e. The lowest BCUT2D eigenvalue weighted by molar-refractivity contribution is -0.137. The highest BCUT2D eigenvalue weighted by Gasteiger charge is 2.39. The first-order valence-corrected chi connectivity index (χ1v) is 9.80. The summed E-state index contributed by atoms with van der Waals surface area (Å²) in [6.45, 7) is 0. The van der Waals surface area contributed by atoms with Gasteiger partial charge in [-0.25, -0.2) is 0 Å². The Kier molecular flexibility index (Phi) is 8.82. The highest BCUT2D eigenvalue weighted by atomic mass is 16.4. The average Bonchev–Trinajstić information content (AvgIpc) is 2.94. The molecule has 0 heterocycles. The summed E-state index contributed by atoms with van der Waals surface area (Å²) in [5.74, 6) is -1.50. The Morgan fingerprint density at radius 3 is 2.57 bits per heavy atom. The van der Waals surface area contributed by atoms with E-state index in [1.807, 2.05) is 42.5 Å². The van der Waals surface area contributed by atoms with E-state index in [-0.39, 0.29) is 36.2 Å². The number of ketones is 2. The molecule has 1 aromatic rings. The van der Waals surface area contributed by atoms with Gasteiger partial charge < -0.3 is 10.2 Å². The number of unbranched alkanes of at least 4 members (excludes halogenated alkanes) is 1. The van der Waals surface area contributed by atoms with Crippen LogP contribution in [0.3, 0.4) is 0 Å². The Labute approximate surface area is 165 Å². The standard InChI is InChI=1S/C23H28O5/c24-18(13-12-17-8-4-3-5-9-17)14-15-20-19(21(25)16-22(20)26)10-6-1-2-7-11-23(27)28/h1,3-6,8-9,14-15,19-20,22,26H,2,7,10-13,16H2,(H,27,28)/t19-,20+,22?/m0/s1. The zero-order valence-corrected chi connectivity index (χ0v) is 16.0. The number of aryl methyl sites for hydroxylation is 1. The molecule has 1 aliphatic rings.